The van der Waals surface area contributed by atoms with Crippen LogP contribution >= 0.6 is 23.2 Å². The maximum Gasteiger partial charge on any atom is 0.273 e. The first-order valence-corrected chi connectivity index (χ1v) is 6.56. The summed E-state index contributed by atoms with van der Waals surface area (Å²) in [4.78, 5) is 15.6. The van der Waals surface area contributed by atoms with Gasteiger partial charge in [0.15, 0.2) is 12.1 Å². The third-order valence-electron chi connectivity index (χ3n) is 2.75. The van der Waals surface area contributed by atoms with Crippen molar-refractivity contribution in [1.29, 1.82) is 0 Å². The van der Waals surface area contributed by atoms with Gasteiger partial charge in [-0.2, -0.15) is 0 Å². The number of halogens is 2. The van der Waals surface area contributed by atoms with Crippen molar-refractivity contribution >= 4 is 29.1 Å². The Bertz CT molecular complexity index is 608. The topological polar surface area (TPSA) is 75.4 Å². The van der Waals surface area contributed by atoms with Crippen LogP contribution in [0.15, 0.2) is 29.0 Å². The molecule has 106 valence electrons. The summed E-state index contributed by atoms with van der Waals surface area (Å²) >= 11 is 12.0. The molecule has 1 atom stereocenters. The van der Waals surface area contributed by atoms with Gasteiger partial charge in [0.05, 0.1) is 6.10 Å². The normalized spacial score (nSPS) is 12.2. The molecule has 1 unspecified atom stereocenters. The highest BCUT2D eigenvalue weighted by Gasteiger charge is 2.18. The number of rotatable bonds is 4. The summed E-state index contributed by atoms with van der Waals surface area (Å²) in [7, 11) is 0. The molecule has 2 rings (SSSR count). The van der Waals surface area contributed by atoms with Crippen LogP contribution in [0.4, 0.5) is 0 Å². The number of nitrogens with zero attached hydrogens (tertiary/aromatic N) is 1. The number of hydrogen-bond donors (Lipinski definition) is 2. The molecule has 0 bridgehead atoms. The lowest BCUT2D eigenvalue weighted by Gasteiger charge is -2.14. The molecule has 2 N–H and O–H groups in total. The summed E-state index contributed by atoms with van der Waals surface area (Å²) in [5.74, 6) is -0.0220. The fourth-order valence-corrected chi connectivity index (χ4v) is 2.38. The first kappa shape index (κ1) is 14.8. The Hall–Kier alpha value is -1.56. The SMILES string of the molecule is Cc1ocnc1C(=O)NCC(O)c1c(Cl)cccc1Cl. The molecule has 0 saturated carbocycles. The van der Waals surface area contributed by atoms with Crippen molar-refractivity contribution in [3.05, 3.63) is 51.7 Å². The number of carbonyl (C=O) groups excluding carboxylic acids is 1. The first-order valence-electron chi connectivity index (χ1n) is 5.81. The van der Waals surface area contributed by atoms with Crippen LogP contribution in [0, 0.1) is 6.92 Å². The van der Waals surface area contributed by atoms with Crippen LogP contribution in [0.1, 0.15) is 27.9 Å². The second-order valence-corrected chi connectivity index (χ2v) is 4.93. The molecular formula is C13H12Cl2N2O3. The summed E-state index contributed by atoms with van der Waals surface area (Å²) in [5.41, 5.74) is 0.565. The van der Waals surface area contributed by atoms with Gasteiger partial charge in [-0.05, 0) is 19.1 Å². The zero-order chi connectivity index (χ0) is 14.7. The van der Waals surface area contributed by atoms with Crippen LogP contribution < -0.4 is 5.32 Å². The first-order chi connectivity index (χ1) is 9.50. The molecule has 0 radical (unpaired) electrons. The summed E-state index contributed by atoms with van der Waals surface area (Å²) < 4.78 is 4.94. The number of aromatic nitrogens is 1. The Morgan fingerprint density at radius 3 is 2.65 bits per heavy atom. The lowest BCUT2D eigenvalue weighted by Crippen LogP contribution is -2.29. The van der Waals surface area contributed by atoms with Crippen LogP contribution in [0.5, 0.6) is 0 Å². The fraction of sp³-hybridized carbons (Fsp3) is 0.231. The quantitative estimate of drug-likeness (QED) is 0.910. The molecule has 0 aliphatic rings. The zero-order valence-electron chi connectivity index (χ0n) is 10.6. The number of nitrogens with one attached hydrogen (secondary N) is 1. The number of amides is 1. The van der Waals surface area contributed by atoms with Gasteiger partial charge in [0, 0.05) is 22.2 Å². The lowest BCUT2D eigenvalue weighted by molar-refractivity contribution is 0.0910. The highest BCUT2D eigenvalue weighted by atomic mass is 35.5. The van der Waals surface area contributed by atoms with E-state index < -0.39 is 12.0 Å². The van der Waals surface area contributed by atoms with E-state index >= 15 is 0 Å². The molecule has 0 saturated heterocycles. The number of benzene rings is 1. The molecular weight excluding hydrogens is 303 g/mol. The molecule has 0 spiro atoms. The monoisotopic (exact) mass is 314 g/mol. The standard InChI is InChI=1S/C13H12Cl2N2O3/c1-7-12(17-6-20-7)13(19)16-5-10(18)11-8(14)3-2-4-9(11)15/h2-4,6,10,18H,5H2,1H3,(H,16,19). The Labute approximate surface area is 125 Å². The van der Waals surface area contributed by atoms with E-state index in [2.05, 4.69) is 10.3 Å². The minimum Gasteiger partial charge on any atom is -0.448 e. The Morgan fingerprint density at radius 1 is 1.45 bits per heavy atom. The fourth-order valence-electron chi connectivity index (χ4n) is 1.73. The number of aliphatic hydroxyl groups is 1. The molecule has 0 aliphatic carbocycles. The summed E-state index contributed by atoms with van der Waals surface area (Å²) in [5, 5.41) is 13.3. The van der Waals surface area contributed by atoms with E-state index in [1.54, 1.807) is 25.1 Å². The largest absolute Gasteiger partial charge is 0.448 e. The molecule has 0 fully saturated rings. The highest BCUT2D eigenvalue weighted by molar-refractivity contribution is 6.36. The van der Waals surface area contributed by atoms with E-state index in [0.29, 0.717) is 21.4 Å². The third-order valence-corrected chi connectivity index (χ3v) is 3.41. The van der Waals surface area contributed by atoms with Crippen molar-refractivity contribution in [2.75, 3.05) is 6.54 Å². The number of aryl methyl sites for hydroxylation is 1. The average Bonchev–Trinajstić information content (AvgIpc) is 2.82. The van der Waals surface area contributed by atoms with Crippen molar-refractivity contribution in [2.24, 2.45) is 0 Å². The Morgan fingerprint density at radius 2 is 2.10 bits per heavy atom. The molecule has 20 heavy (non-hydrogen) atoms. The molecule has 5 nitrogen and oxygen atoms in total. The molecule has 1 heterocycles. The summed E-state index contributed by atoms with van der Waals surface area (Å²) in [6.45, 7) is 1.60. The van der Waals surface area contributed by atoms with Gasteiger partial charge in [-0.25, -0.2) is 4.98 Å². The minimum atomic E-state index is -1.01. The Kier molecular flexibility index (Phi) is 4.65. The van der Waals surface area contributed by atoms with E-state index in [9.17, 15) is 9.90 Å². The Balaban J connectivity index is 2.04. The van der Waals surface area contributed by atoms with Gasteiger partial charge in [0.25, 0.3) is 5.91 Å². The molecule has 1 aromatic carbocycles. The lowest BCUT2D eigenvalue weighted by atomic mass is 10.1. The molecule has 0 aliphatic heterocycles. The smallest absolute Gasteiger partial charge is 0.273 e. The van der Waals surface area contributed by atoms with Crippen molar-refractivity contribution < 1.29 is 14.3 Å². The van der Waals surface area contributed by atoms with E-state index in [1.165, 1.54) is 6.39 Å². The van der Waals surface area contributed by atoms with Gasteiger partial charge in [-0.15, -0.1) is 0 Å². The number of hydrogen-bond acceptors (Lipinski definition) is 4. The number of carbonyl (C=O) groups is 1. The number of oxazole rings is 1. The predicted octanol–water partition coefficient (Wildman–Crippen LogP) is 2.75. The van der Waals surface area contributed by atoms with Gasteiger partial charge < -0.3 is 14.8 Å². The van der Waals surface area contributed by atoms with Gasteiger partial charge in [0.1, 0.15) is 5.76 Å². The van der Waals surface area contributed by atoms with Crippen molar-refractivity contribution in [3.8, 4) is 0 Å². The molecule has 7 heteroatoms. The van der Waals surface area contributed by atoms with Crippen molar-refractivity contribution in [3.63, 3.8) is 0 Å². The third kappa shape index (κ3) is 3.12. The highest BCUT2D eigenvalue weighted by Crippen LogP contribution is 2.29. The van der Waals surface area contributed by atoms with Crippen molar-refractivity contribution in [1.82, 2.24) is 10.3 Å². The maximum absolute atomic E-state index is 11.8. The van der Waals surface area contributed by atoms with E-state index in [1.807, 2.05) is 0 Å². The van der Waals surface area contributed by atoms with E-state index in [4.69, 9.17) is 27.6 Å². The maximum atomic E-state index is 11.8. The summed E-state index contributed by atoms with van der Waals surface area (Å²) in [6.07, 6.45) is 0.179. The number of aliphatic hydroxyl groups excluding tert-OH is 1. The summed E-state index contributed by atoms with van der Waals surface area (Å²) in [6, 6.07) is 4.92. The van der Waals surface area contributed by atoms with Gasteiger partial charge >= 0.3 is 0 Å². The van der Waals surface area contributed by atoms with Crippen LogP contribution in [0.2, 0.25) is 10.0 Å². The van der Waals surface area contributed by atoms with Crippen LogP contribution in [-0.2, 0) is 0 Å². The zero-order valence-corrected chi connectivity index (χ0v) is 12.1. The van der Waals surface area contributed by atoms with Gasteiger partial charge in [0.2, 0.25) is 0 Å². The second kappa shape index (κ2) is 6.26. The van der Waals surface area contributed by atoms with Crippen LogP contribution in [-0.4, -0.2) is 22.5 Å². The van der Waals surface area contributed by atoms with E-state index in [-0.39, 0.29) is 12.2 Å². The van der Waals surface area contributed by atoms with Crippen LogP contribution in [0.3, 0.4) is 0 Å². The van der Waals surface area contributed by atoms with E-state index in [0.717, 1.165) is 0 Å². The van der Waals surface area contributed by atoms with Gasteiger partial charge in [-0.1, -0.05) is 29.3 Å². The van der Waals surface area contributed by atoms with Gasteiger partial charge in [-0.3, -0.25) is 4.79 Å². The van der Waals surface area contributed by atoms with Crippen LogP contribution in [0.25, 0.3) is 0 Å². The minimum absolute atomic E-state index is 0.0331. The van der Waals surface area contributed by atoms with Crippen molar-refractivity contribution in [2.45, 2.75) is 13.0 Å². The average molecular weight is 315 g/mol. The molecule has 1 aromatic heterocycles. The predicted molar refractivity (Wildman–Crippen MR) is 75.0 cm³/mol. The second-order valence-electron chi connectivity index (χ2n) is 4.12. The molecule has 1 amide bonds. The molecule has 2 aromatic rings.